The van der Waals surface area contributed by atoms with Crippen molar-refractivity contribution in [3.8, 4) is 43.9 Å². The first kappa shape index (κ1) is 71.9. The van der Waals surface area contributed by atoms with Crippen LogP contribution >= 0.6 is 34.0 Å². The number of carboxylic acids is 1. The number of esters is 3. The molecule has 5 heterocycles. The van der Waals surface area contributed by atoms with Crippen LogP contribution in [-0.2, 0) is 30.3 Å². The van der Waals surface area contributed by atoms with E-state index in [2.05, 4.69) is 7.64 Å². The fraction of sp³-hybridized carbons (Fsp3) is 0.127. The summed E-state index contributed by atoms with van der Waals surface area (Å²) >= 11 is 4.44. The second kappa shape index (κ2) is 42.9. The molecule has 0 amide bonds. The number of carboxylic acid groups (broad SMARTS) is 1. The Morgan fingerprint density at radius 1 is 0.600 bits per heavy atom. The fourth-order valence-corrected chi connectivity index (χ4v) is 7.71. The van der Waals surface area contributed by atoms with Crippen molar-refractivity contribution in [3.05, 3.63) is 186 Å². The predicted molar refractivity (Wildman–Crippen MR) is 296 cm³/mol. The molecule has 0 bridgehead atoms. The van der Waals surface area contributed by atoms with Crippen molar-refractivity contribution in [1.82, 2.24) is 0 Å². The smallest absolute Gasteiger partial charge is 0.345 e. The Balaban J connectivity index is -0.000000916. The quantitative estimate of drug-likeness (QED) is 0.0289. The number of halogens is 5. The number of benzene rings is 4. The molecule has 4 N–H and O–H groups in total. The van der Waals surface area contributed by atoms with Crippen LogP contribution in [0, 0.1) is 31.1 Å². The standard InChI is InChI=1S/C15H10O4S.C13H8O3S.C7H6O3.C7H6O.C6H6O2S.C4H6O3.3CH3F.2FH.U/c1-9(16)18-11-5-4-10-7-12(14-3-2-6-20-14)15(17)19-13(10)8-11;14-9-4-3-8-6-10(12-2-1-5-17-12)13(15)16-11(8)7-9;8-4-5-1-2-6(9)3-7(5)10;8-6-7-4-2-1-3-5-7;7-6(8)4-5-2-1-3-9-5;1-3(5)7-4(2)6;3*1-2;;;/h2-8H,1H3;1-7,14H;1-4,9-10H;1-6H;1-3H,4H2,(H,7,8);1-2H3;3*1H3;2*1H;/i/hTD. The number of ether oxygens (including phenoxy) is 2. The third-order valence-corrected chi connectivity index (χ3v) is 11.2. The number of rotatable bonds is 7. The van der Waals surface area contributed by atoms with Crippen LogP contribution in [0.5, 0.6) is 23.0 Å². The molecule has 80 heavy (non-hydrogen) atoms. The van der Waals surface area contributed by atoms with Gasteiger partial charge in [0.2, 0.25) is 0 Å². The van der Waals surface area contributed by atoms with Gasteiger partial charge < -0.3 is 38.7 Å². The summed E-state index contributed by atoms with van der Waals surface area (Å²) in [7, 11) is 1.50. The minimum absolute atomic E-state index is 0. The zero-order valence-electron chi connectivity index (χ0n) is 45.1. The molecule has 0 spiro atoms. The number of aliphatic carboxylic acids is 1. The third kappa shape index (κ3) is 28.5. The fourth-order valence-electron chi connectivity index (χ4n) is 5.56. The van der Waals surface area contributed by atoms with Crippen molar-refractivity contribution in [2.45, 2.75) is 27.2 Å². The number of thiophene rings is 3. The Morgan fingerprint density at radius 3 is 1.45 bits per heavy atom. The number of alkyl halides is 3. The van der Waals surface area contributed by atoms with Gasteiger partial charge in [-0.1, -0.05) is 48.5 Å². The van der Waals surface area contributed by atoms with E-state index in [-0.39, 0.29) is 66.0 Å². The number of hydrogen-bond acceptors (Lipinski definition) is 18. The van der Waals surface area contributed by atoms with E-state index in [4.69, 9.17) is 38.3 Å². The van der Waals surface area contributed by atoms with Gasteiger partial charge in [0.15, 0.2) is 6.29 Å². The first-order chi connectivity index (χ1) is 39.0. The Kier molecular flexibility index (Phi) is 38.6. The number of aldehydes is 2. The molecule has 0 aliphatic carbocycles. The number of hydrogen-bond donors (Lipinski definition) is 4. The zero-order valence-corrected chi connectivity index (χ0v) is 49.7. The van der Waals surface area contributed by atoms with Crippen molar-refractivity contribution in [3.63, 3.8) is 0 Å². The molecule has 0 saturated carbocycles. The SMILES string of the molecule is CC(=O)OC(C)=O.CC(=O)Oc1ccc2cc(-c3cccs3)c(=O)oc2c1.CF.CF.CF.O=C(O)Cc1cccs1.O=Cc1ccc(O)cc1O.O=Cc1ccccc1.O=c1oc2cc(O)ccc2cc1-c1cccs1.[2H]F.[3H]F.[U]. The van der Waals surface area contributed by atoms with Gasteiger partial charge in [0.05, 0.1) is 44.6 Å². The van der Waals surface area contributed by atoms with Gasteiger partial charge in [-0.2, -0.15) is 0 Å². The van der Waals surface area contributed by atoms with Gasteiger partial charge in [-0.05, 0) is 82.9 Å². The van der Waals surface area contributed by atoms with Crippen LogP contribution in [0.25, 0.3) is 42.8 Å². The molecule has 0 fully saturated rings. The summed E-state index contributed by atoms with van der Waals surface area (Å²) in [5, 5.41) is 42.5. The molecule has 5 aromatic heterocycles. The summed E-state index contributed by atoms with van der Waals surface area (Å²) in [4.78, 5) is 87.2. The number of aromatic hydroxyl groups is 3. The molecule has 0 aliphatic heterocycles. The number of carbonyl (C=O) groups excluding carboxylic acids is 5. The molecule has 0 atom stereocenters. The number of fused-ring (bicyclic) bond motifs is 2. The van der Waals surface area contributed by atoms with Gasteiger partial charge >= 0.3 is 35.1 Å². The maximum Gasteiger partial charge on any atom is 0.345 e. The van der Waals surface area contributed by atoms with Gasteiger partial charge in [-0.25, -0.2) is 9.59 Å². The average molecular weight is 1400 g/mol. The van der Waals surface area contributed by atoms with E-state index in [1.807, 2.05) is 70.7 Å². The van der Waals surface area contributed by atoms with E-state index in [9.17, 15) is 56.6 Å². The van der Waals surface area contributed by atoms with E-state index in [1.54, 1.807) is 48.5 Å². The van der Waals surface area contributed by atoms with Gasteiger partial charge in [-0.15, -0.1) is 34.0 Å². The number of phenolic OH excluding ortho intramolecular Hbond substituents is 3. The molecular weight excluding hydrogens is 1350 g/mol. The van der Waals surface area contributed by atoms with Crippen molar-refractivity contribution in [1.29, 1.82) is 2.90 Å². The number of carbonyl (C=O) groups is 6. The minimum Gasteiger partial charge on any atom is -0.508 e. The molecule has 426 valence electrons. The van der Waals surface area contributed by atoms with Crippen LogP contribution in [0.3, 0.4) is 0 Å². The predicted octanol–water partition coefficient (Wildman–Crippen LogP) is 12.6. The van der Waals surface area contributed by atoms with Gasteiger partial charge in [0, 0.05) is 101 Å². The van der Waals surface area contributed by atoms with Crippen molar-refractivity contribution in [2.24, 2.45) is 0 Å². The van der Waals surface area contributed by atoms with Crippen LogP contribution in [0.4, 0.5) is 22.6 Å². The van der Waals surface area contributed by atoms with Crippen LogP contribution < -0.4 is 16.0 Å². The van der Waals surface area contributed by atoms with E-state index in [0.717, 1.165) is 43.3 Å². The summed E-state index contributed by atoms with van der Waals surface area (Å²) in [6.45, 7) is 3.68. The first-order valence-electron chi connectivity index (χ1n) is 22.4. The summed E-state index contributed by atoms with van der Waals surface area (Å²) < 4.78 is 73.9. The monoisotopic (exact) mass is 1400 g/mol. The third-order valence-electron chi connectivity index (χ3n) is 8.53. The van der Waals surface area contributed by atoms with E-state index < -0.39 is 29.5 Å². The topological polar surface area (TPSA) is 262 Å². The Morgan fingerprint density at radius 2 is 1.06 bits per heavy atom. The van der Waals surface area contributed by atoms with E-state index in [1.165, 1.54) is 79.0 Å². The largest absolute Gasteiger partial charge is 0.508 e. The summed E-state index contributed by atoms with van der Waals surface area (Å²) in [6, 6.07) is 37.4. The second-order valence-electron chi connectivity index (χ2n) is 14.0. The van der Waals surface area contributed by atoms with Crippen LogP contribution in [0.2, 0.25) is 0 Å². The van der Waals surface area contributed by atoms with Gasteiger partial charge in [0.25, 0.3) is 2.90 Å². The normalized spacial score (nSPS) is 9.09. The average Bonchev–Trinajstić information content (AvgIpc) is 4.45. The molecule has 0 unspecified atom stereocenters. The molecule has 0 aliphatic rings. The van der Waals surface area contributed by atoms with E-state index >= 15 is 0 Å². The molecule has 0 radical (unpaired) electrons. The van der Waals surface area contributed by atoms with Gasteiger partial charge in [0.1, 0.15) is 40.5 Å². The molecule has 9 aromatic rings. The van der Waals surface area contributed by atoms with Crippen molar-refractivity contribution >= 4 is 92.4 Å². The van der Waals surface area contributed by atoms with Crippen LogP contribution in [0.1, 0.15) is 46.4 Å². The van der Waals surface area contributed by atoms with Crippen molar-refractivity contribution < 1.29 is 121 Å². The van der Waals surface area contributed by atoms with Crippen LogP contribution in [0.15, 0.2) is 168 Å². The zero-order chi connectivity index (χ0) is 61.9. The molecule has 4 aromatic carbocycles. The molecule has 9 rings (SSSR count). The molecular formula is C55H53F5O16S3U. The Hall–Kier alpha value is -8.08. The first-order valence-corrected chi connectivity index (χ1v) is 24.2. The number of phenols is 3. The minimum atomic E-state index is -0.766. The summed E-state index contributed by atoms with van der Waals surface area (Å²) in [5.41, 5.74) is 2.01. The maximum absolute atomic E-state index is 12.0. The molecule has 0 saturated heterocycles. The van der Waals surface area contributed by atoms with E-state index in [0.29, 0.717) is 55.9 Å². The Bertz CT molecular complexity index is 3340. The Labute approximate surface area is 492 Å². The molecule has 16 nitrogen and oxygen atoms in total. The second-order valence-corrected chi connectivity index (χ2v) is 16.9. The van der Waals surface area contributed by atoms with Crippen LogP contribution in [-0.4, -0.2) is 81.3 Å². The van der Waals surface area contributed by atoms with Gasteiger partial charge in [-0.3, -0.25) is 51.4 Å². The summed E-state index contributed by atoms with van der Waals surface area (Å²) in [6.07, 6.45) is 1.51. The van der Waals surface area contributed by atoms with Crippen molar-refractivity contribution in [2.75, 3.05) is 21.5 Å². The maximum atomic E-state index is 12.0. The summed E-state index contributed by atoms with van der Waals surface area (Å²) in [5.74, 6) is -2.11. The molecule has 25 heteroatoms.